The highest BCUT2D eigenvalue weighted by Crippen LogP contribution is 2.26. The average molecular weight is 272 g/mol. The molecule has 0 aliphatic rings. The Hall–Kier alpha value is -0.0800. The first-order chi connectivity index (χ1) is 8.83. The predicted octanol–water partition coefficient (Wildman–Crippen LogP) is 4.80. The molecule has 0 atom stereocenters. The first kappa shape index (κ1) is 18.9. The first-order valence-corrected chi connectivity index (χ1v) is 8.01. The molecule has 0 fully saturated rings. The molecule has 0 aromatic rings. The van der Waals surface area contributed by atoms with Crippen molar-refractivity contribution >= 4 is 0 Å². The highest BCUT2D eigenvalue weighted by atomic mass is 16.5. The lowest BCUT2D eigenvalue weighted by Crippen LogP contribution is -2.16. The van der Waals surface area contributed by atoms with Gasteiger partial charge in [0.2, 0.25) is 0 Å². The third-order valence-electron chi connectivity index (χ3n) is 4.17. The lowest BCUT2D eigenvalue weighted by atomic mass is 9.85. The van der Waals surface area contributed by atoms with Crippen LogP contribution < -0.4 is 0 Å². The van der Waals surface area contributed by atoms with Gasteiger partial charge >= 0.3 is 0 Å². The standard InChI is InChI=1S/C17H36O2/c1-6-16(2,3)11-7-9-13-19-14-10-8-12-17(4,5)15-18/h18H,6-15H2,1-5H3. The van der Waals surface area contributed by atoms with Gasteiger partial charge < -0.3 is 9.84 Å². The SMILES string of the molecule is CCC(C)(C)CCCCOCCCCC(C)(C)CO. The topological polar surface area (TPSA) is 29.5 Å². The van der Waals surface area contributed by atoms with Crippen LogP contribution in [-0.4, -0.2) is 24.9 Å². The number of aliphatic hydroxyl groups excluding tert-OH is 1. The summed E-state index contributed by atoms with van der Waals surface area (Å²) in [7, 11) is 0. The van der Waals surface area contributed by atoms with E-state index in [1.807, 2.05) is 0 Å². The first-order valence-electron chi connectivity index (χ1n) is 8.01. The van der Waals surface area contributed by atoms with Crippen molar-refractivity contribution < 1.29 is 9.84 Å². The number of aliphatic hydroxyl groups is 1. The normalized spacial score (nSPS) is 12.9. The molecule has 0 rings (SSSR count). The van der Waals surface area contributed by atoms with Crippen LogP contribution in [0.4, 0.5) is 0 Å². The van der Waals surface area contributed by atoms with E-state index in [-0.39, 0.29) is 12.0 Å². The zero-order valence-corrected chi connectivity index (χ0v) is 13.9. The summed E-state index contributed by atoms with van der Waals surface area (Å²) >= 11 is 0. The van der Waals surface area contributed by atoms with E-state index in [2.05, 4.69) is 34.6 Å². The van der Waals surface area contributed by atoms with E-state index < -0.39 is 0 Å². The summed E-state index contributed by atoms with van der Waals surface area (Å²) in [6.45, 7) is 13.2. The van der Waals surface area contributed by atoms with Crippen molar-refractivity contribution in [1.29, 1.82) is 0 Å². The Morgan fingerprint density at radius 3 is 1.68 bits per heavy atom. The second kappa shape index (κ2) is 9.77. The fourth-order valence-electron chi connectivity index (χ4n) is 1.97. The van der Waals surface area contributed by atoms with Crippen LogP contribution in [0.1, 0.15) is 79.6 Å². The summed E-state index contributed by atoms with van der Waals surface area (Å²) < 4.78 is 5.67. The number of unbranched alkanes of at least 4 members (excludes halogenated alkanes) is 2. The molecule has 0 aromatic carbocycles. The molecule has 0 radical (unpaired) electrons. The van der Waals surface area contributed by atoms with Crippen LogP contribution >= 0.6 is 0 Å². The molecule has 0 unspecified atom stereocenters. The fraction of sp³-hybridized carbons (Fsp3) is 1.00. The maximum Gasteiger partial charge on any atom is 0.0482 e. The molecule has 116 valence electrons. The Kier molecular flexibility index (Phi) is 9.72. The second-order valence-corrected chi connectivity index (χ2v) is 7.37. The maximum atomic E-state index is 9.15. The quantitative estimate of drug-likeness (QED) is 0.517. The molecule has 0 aliphatic carbocycles. The number of rotatable bonds is 12. The van der Waals surface area contributed by atoms with Gasteiger partial charge in [0.1, 0.15) is 0 Å². The molecule has 2 heteroatoms. The minimum atomic E-state index is 0.0751. The van der Waals surface area contributed by atoms with Gasteiger partial charge in [-0.3, -0.25) is 0 Å². The molecule has 0 saturated carbocycles. The van der Waals surface area contributed by atoms with Gasteiger partial charge in [0.25, 0.3) is 0 Å². The van der Waals surface area contributed by atoms with Crippen molar-refractivity contribution in [3.63, 3.8) is 0 Å². The molecule has 0 aliphatic heterocycles. The van der Waals surface area contributed by atoms with Gasteiger partial charge in [0, 0.05) is 19.8 Å². The third-order valence-corrected chi connectivity index (χ3v) is 4.17. The summed E-state index contributed by atoms with van der Waals surface area (Å²) in [4.78, 5) is 0. The van der Waals surface area contributed by atoms with Crippen molar-refractivity contribution in [2.75, 3.05) is 19.8 Å². The average Bonchev–Trinajstić information content (AvgIpc) is 2.36. The Bertz CT molecular complexity index is 187. The maximum absolute atomic E-state index is 9.15. The van der Waals surface area contributed by atoms with E-state index in [9.17, 15) is 0 Å². The molecule has 2 nitrogen and oxygen atoms in total. The third kappa shape index (κ3) is 11.4. The van der Waals surface area contributed by atoms with Gasteiger partial charge in [0.15, 0.2) is 0 Å². The van der Waals surface area contributed by atoms with Gasteiger partial charge in [-0.1, -0.05) is 53.9 Å². The Balaban J connectivity index is 3.29. The smallest absolute Gasteiger partial charge is 0.0482 e. The molecule has 0 saturated heterocycles. The lowest BCUT2D eigenvalue weighted by Gasteiger charge is -2.22. The van der Waals surface area contributed by atoms with Crippen molar-refractivity contribution in [1.82, 2.24) is 0 Å². The highest BCUT2D eigenvalue weighted by Gasteiger charge is 2.15. The van der Waals surface area contributed by atoms with Gasteiger partial charge in [-0.15, -0.1) is 0 Å². The molecule has 0 aromatic heterocycles. The van der Waals surface area contributed by atoms with Crippen LogP contribution in [-0.2, 0) is 4.74 Å². The summed E-state index contributed by atoms with van der Waals surface area (Å²) in [5, 5.41) is 9.15. The zero-order valence-electron chi connectivity index (χ0n) is 13.9. The molecule has 0 spiro atoms. The second-order valence-electron chi connectivity index (χ2n) is 7.37. The van der Waals surface area contributed by atoms with Gasteiger partial charge in [-0.2, -0.15) is 0 Å². The van der Waals surface area contributed by atoms with E-state index in [1.54, 1.807) is 0 Å². The number of hydrogen-bond acceptors (Lipinski definition) is 2. The van der Waals surface area contributed by atoms with E-state index in [1.165, 1.54) is 25.7 Å². The molecule has 0 amide bonds. The lowest BCUT2D eigenvalue weighted by molar-refractivity contribution is 0.112. The number of ether oxygens (including phenoxy) is 1. The van der Waals surface area contributed by atoms with E-state index in [4.69, 9.17) is 9.84 Å². The summed E-state index contributed by atoms with van der Waals surface area (Å²) in [6, 6.07) is 0. The van der Waals surface area contributed by atoms with Crippen LogP contribution in [0.25, 0.3) is 0 Å². The van der Waals surface area contributed by atoms with Crippen molar-refractivity contribution in [3.05, 3.63) is 0 Å². The van der Waals surface area contributed by atoms with Crippen LogP contribution in [0.15, 0.2) is 0 Å². The highest BCUT2D eigenvalue weighted by molar-refractivity contribution is 4.67. The Morgan fingerprint density at radius 1 is 0.789 bits per heavy atom. The molecule has 19 heavy (non-hydrogen) atoms. The molecule has 0 heterocycles. The van der Waals surface area contributed by atoms with Crippen molar-refractivity contribution in [2.24, 2.45) is 10.8 Å². The van der Waals surface area contributed by atoms with E-state index in [0.29, 0.717) is 5.41 Å². The Morgan fingerprint density at radius 2 is 1.26 bits per heavy atom. The zero-order chi connectivity index (χ0) is 14.8. The van der Waals surface area contributed by atoms with Crippen LogP contribution in [0.3, 0.4) is 0 Å². The summed E-state index contributed by atoms with van der Waals surface area (Å²) in [5.41, 5.74) is 0.571. The van der Waals surface area contributed by atoms with E-state index >= 15 is 0 Å². The monoisotopic (exact) mass is 272 g/mol. The molecular formula is C17H36O2. The fourth-order valence-corrected chi connectivity index (χ4v) is 1.97. The predicted molar refractivity (Wildman–Crippen MR) is 83.5 cm³/mol. The van der Waals surface area contributed by atoms with Crippen LogP contribution in [0.5, 0.6) is 0 Å². The van der Waals surface area contributed by atoms with Crippen molar-refractivity contribution in [2.45, 2.75) is 79.6 Å². The van der Waals surface area contributed by atoms with Gasteiger partial charge in [0.05, 0.1) is 0 Å². The van der Waals surface area contributed by atoms with Crippen molar-refractivity contribution in [3.8, 4) is 0 Å². The molecule has 0 bridgehead atoms. The molecular weight excluding hydrogens is 236 g/mol. The van der Waals surface area contributed by atoms with Gasteiger partial charge in [-0.25, -0.2) is 0 Å². The van der Waals surface area contributed by atoms with Gasteiger partial charge in [-0.05, 0) is 36.5 Å². The minimum Gasteiger partial charge on any atom is -0.396 e. The largest absolute Gasteiger partial charge is 0.396 e. The van der Waals surface area contributed by atoms with Crippen LogP contribution in [0.2, 0.25) is 0 Å². The molecule has 1 N–H and O–H groups in total. The van der Waals surface area contributed by atoms with Crippen LogP contribution in [0, 0.1) is 10.8 Å². The number of hydrogen-bond donors (Lipinski definition) is 1. The summed E-state index contributed by atoms with van der Waals surface area (Å²) in [6.07, 6.45) is 8.37. The Labute approximate surface area is 120 Å². The van der Waals surface area contributed by atoms with E-state index in [0.717, 1.165) is 32.5 Å². The minimum absolute atomic E-state index is 0.0751. The summed E-state index contributed by atoms with van der Waals surface area (Å²) in [5.74, 6) is 0.